The van der Waals surface area contributed by atoms with E-state index >= 15 is 0 Å². The Bertz CT molecular complexity index is 554. The highest BCUT2D eigenvalue weighted by Crippen LogP contribution is 2.27. The number of halogens is 1. The standard InChI is InChI=1S/C10H12BrNO4S/c1-6-4-8(11)9(12-17(3,14)15)5-7(6)10(13)16-2/h4-5,12H,1-3H3. The first kappa shape index (κ1) is 14.0. The highest BCUT2D eigenvalue weighted by atomic mass is 79.9. The highest BCUT2D eigenvalue weighted by molar-refractivity contribution is 9.10. The van der Waals surface area contributed by atoms with Crippen LogP contribution in [-0.2, 0) is 14.8 Å². The van der Waals surface area contributed by atoms with Crippen molar-refractivity contribution in [2.24, 2.45) is 0 Å². The molecule has 1 aromatic carbocycles. The number of aryl methyl sites for hydroxylation is 1. The quantitative estimate of drug-likeness (QED) is 0.863. The number of carbonyl (C=O) groups excluding carboxylic acids is 1. The normalized spacial score (nSPS) is 11.1. The molecule has 0 fully saturated rings. The van der Waals surface area contributed by atoms with Gasteiger partial charge < -0.3 is 4.74 Å². The molecule has 0 aliphatic carbocycles. The summed E-state index contributed by atoms with van der Waals surface area (Å²) in [5.74, 6) is -0.508. The zero-order chi connectivity index (χ0) is 13.2. The lowest BCUT2D eigenvalue weighted by Gasteiger charge is -2.10. The van der Waals surface area contributed by atoms with Crippen LogP contribution in [0.1, 0.15) is 15.9 Å². The first-order chi connectivity index (χ1) is 7.74. The number of anilines is 1. The molecule has 0 unspecified atom stereocenters. The van der Waals surface area contributed by atoms with Crippen LogP contribution in [0.4, 0.5) is 5.69 Å². The Kier molecular flexibility index (Phi) is 4.16. The van der Waals surface area contributed by atoms with E-state index in [1.54, 1.807) is 13.0 Å². The van der Waals surface area contributed by atoms with Gasteiger partial charge in [0.2, 0.25) is 10.0 Å². The predicted octanol–water partition coefficient (Wildman–Crippen LogP) is 1.92. The number of hydrogen-bond donors (Lipinski definition) is 1. The lowest BCUT2D eigenvalue weighted by molar-refractivity contribution is 0.0600. The second-order valence-corrected chi connectivity index (χ2v) is 6.12. The first-order valence-electron chi connectivity index (χ1n) is 4.61. The molecule has 0 spiro atoms. The van der Waals surface area contributed by atoms with E-state index < -0.39 is 16.0 Å². The summed E-state index contributed by atoms with van der Waals surface area (Å²) in [6, 6.07) is 3.09. The lowest BCUT2D eigenvalue weighted by Crippen LogP contribution is -2.12. The summed E-state index contributed by atoms with van der Waals surface area (Å²) in [6.45, 7) is 1.74. The van der Waals surface area contributed by atoms with E-state index in [4.69, 9.17) is 0 Å². The molecular formula is C10H12BrNO4S. The van der Waals surface area contributed by atoms with Gasteiger partial charge in [-0.3, -0.25) is 4.72 Å². The smallest absolute Gasteiger partial charge is 0.338 e. The van der Waals surface area contributed by atoms with E-state index in [2.05, 4.69) is 25.4 Å². The van der Waals surface area contributed by atoms with E-state index in [0.717, 1.165) is 6.26 Å². The van der Waals surface area contributed by atoms with Crippen molar-refractivity contribution in [3.8, 4) is 0 Å². The fraction of sp³-hybridized carbons (Fsp3) is 0.300. The molecule has 0 aromatic heterocycles. The molecule has 1 aromatic rings. The monoisotopic (exact) mass is 321 g/mol. The van der Waals surface area contributed by atoms with Gasteiger partial charge in [-0.1, -0.05) is 0 Å². The van der Waals surface area contributed by atoms with Crippen LogP contribution >= 0.6 is 15.9 Å². The minimum atomic E-state index is -3.39. The minimum absolute atomic E-state index is 0.304. The maximum atomic E-state index is 11.4. The van der Waals surface area contributed by atoms with Crippen LogP contribution in [0.5, 0.6) is 0 Å². The van der Waals surface area contributed by atoms with Crippen molar-refractivity contribution in [3.63, 3.8) is 0 Å². The van der Waals surface area contributed by atoms with Gasteiger partial charge in [0.05, 0.1) is 24.6 Å². The molecule has 0 saturated heterocycles. The van der Waals surface area contributed by atoms with Gasteiger partial charge in [0, 0.05) is 4.47 Å². The van der Waals surface area contributed by atoms with Crippen LogP contribution < -0.4 is 4.72 Å². The second kappa shape index (κ2) is 5.05. The Morgan fingerprint density at radius 3 is 2.47 bits per heavy atom. The SMILES string of the molecule is COC(=O)c1cc(NS(C)(=O)=O)c(Br)cc1C. The zero-order valence-corrected chi connectivity index (χ0v) is 12.0. The molecule has 0 radical (unpaired) electrons. The molecule has 5 nitrogen and oxygen atoms in total. The predicted molar refractivity (Wildman–Crippen MR) is 68.7 cm³/mol. The van der Waals surface area contributed by atoms with Crippen molar-refractivity contribution >= 4 is 37.6 Å². The number of carbonyl (C=O) groups is 1. The maximum Gasteiger partial charge on any atom is 0.338 e. The van der Waals surface area contributed by atoms with Crippen molar-refractivity contribution in [2.45, 2.75) is 6.92 Å². The van der Waals surface area contributed by atoms with Crippen molar-refractivity contribution in [1.29, 1.82) is 0 Å². The molecule has 0 atom stereocenters. The first-order valence-corrected chi connectivity index (χ1v) is 7.29. The van der Waals surface area contributed by atoms with Gasteiger partial charge in [0.15, 0.2) is 0 Å². The Labute approximate surface area is 108 Å². The average molecular weight is 322 g/mol. The third-order valence-electron chi connectivity index (χ3n) is 2.01. The van der Waals surface area contributed by atoms with Gasteiger partial charge in [0.1, 0.15) is 0 Å². The van der Waals surface area contributed by atoms with Gasteiger partial charge in [-0.25, -0.2) is 13.2 Å². The van der Waals surface area contributed by atoms with Crippen molar-refractivity contribution in [2.75, 3.05) is 18.1 Å². The van der Waals surface area contributed by atoms with Crippen LogP contribution in [0, 0.1) is 6.92 Å². The summed E-state index contributed by atoms with van der Waals surface area (Å²) in [7, 11) is -2.12. The van der Waals surface area contributed by atoms with Crippen LogP contribution in [0.3, 0.4) is 0 Å². The molecule has 1 rings (SSSR count). The number of benzene rings is 1. The maximum absolute atomic E-state index is 11.4. The minimum Gasteiger partial charge on any atom is -0.465 e. The molecule has 0 aliphatic rings. The van der Waals surface area contributed by atoms with Crippen LogP contribution in [0.25, 0.3) is 0 Å². The molecule has 1 N–H and O–H groups in total. The molecule has 7 heteroatoms. The number of sulfonamides is 1. The van der Waals surface area contributed by atoms with Crippen LogP contribution in [0.2, 0.25) is 0 Å². The van der Waals surface area contributed by atoms with Crippen molar-refractivity contribution in [1.82, 2.24) is 0 Å². The summed E-state index contributed by atoms with van der Waals surface area (Å²) in [4.78, 5) is 11.4. The Morgan fingerprint density at radius 1 is 1.41 bits per heavy atom. The highest BCUT2D eigenvalue weighted by Gasteiger charge is 2.14. The number of methoxy groups -OCH3 is 1. The van der Waals surface area contributed by atoms with Crippen molar-refractivity contribution < 1.29 is 17.9 Å². The van der Waals surface area contributed by atoms with Gasteiger partial charge in [-0.05, 0) is 40.5 Å². The van der Waals surface area contributed by atoms with E-state index in [1.165, 1.54) is 13.2 Å². The molecule has 17 heavy (non-hydrogen) atoms. The van der Waals surface area contributed by atoms with Gasteiger partial charge in [0.25, 0.3) is 0 Å². The molecule has 0 bridgehead atoms. The van der Waals surface area contributed by atoms with E-state index in [9.17, 15) is 13.2 Å². The molecule has 0 heterocycles. The number of rotatable bonds is 3. The third kappa shape index (κ3) is 3.71. The number of hydrogen-bond acceptors (Lipinski definition) is 4. The fourth-order valence-electron chi connectivity index (χ4n) is 1.28. The van der Waals surface area contributed by atoms with Crippen LogP contribution in [0.15, 0.2) is 16.6 Å². The number of nitrogens with one attached hydrogen (secondary N) is 1. The Hall–Kier alpha value is -1.08. The Balaban J connectivity index is 3.29. The van der Waals surface area contributed by atoms with Crippen LogP contribution in [-0.4, -0.2) is 27.8 Å². The van der Waals surface area contributed by atoms with Gasteiger partial charge in [-0.2, -0.15) is 0 Å². The molecular weight excluding hydrogens is 310 g/mol. The number of esters is 1. The molecule has 0 aliphatic heterocycles. The summed E-state index contributed by atoms with van der Waals surface area (Å²) in [5, 5.41) is 0. The largest absolute Gasteiger partial charge is 0.465 e. The fourth-order valence-corrected chi connectivity index (χ4v) is 2.54. The van der Waals surface area contributed by atoms with E-state index in [1.807, 2.05) is 0 Å². The van der Waals surface area contributed by atoms with E-state index in [-0.39, 0.29) is 0 Å². The van der Waals surface area contributed by atoms with Gasteiger partial charge in [-0.15, -0.1) is 0 Å². The Morgan fingerprint density at radius 2 is 2.00 bits per heavy atom. The second-order valence-electron chi connectivity index (χ2n) is 3.51. The molecule has 94 valence electrons. The molecule has 0 amide bonds. The average Bonchev–Trinajstić information content (AvgIpc) is 2.19. The third-order valence-corrected chi connectivity index (χ3v) is 3.26. The zero-order valence-electron chi connectivity index (χ0n) is 9.57. The van der Waals surface area contributed by atoms with Crippen molar-refractivity contribution in [3.05, 3.63) is 27.7 Å². The number of ether oxygens (including phenoxy) is 1. The summed E-state index contributed by atoms with van der Waals surface area (Å²) in [6.07, 6.45) is 1.04. The summed E-state index contributed by atoms with van der Waals surface area (Å²) >= 11 is 3.23. The lowest BCUT2D eigenvalue weighted by atomic mass is 10.1. The van der Waals surface area contributed by atoms with Gasteiger partial charge >= 0.3 is 5.97 Å². The topological polar surface area (TPSA) is 72.5 Å². The summed E-state index contributed by atoms with van der Waals surface area (Å²) < 4.78 is 29.8. The summed E-state index contributed by atoms with van der Waals surface area (Å²) in [5.41, 5.74) is 1.32. The van der Waals surface area contributed by atoms with E-state index in [0.29, 0.717) is 21.3 Å². The molecule has 0 saturated carbocycles.